The maximum absolute atomic E-state index is 5.39. The Kier molecular flexibility index (Phi) is 12.3. The molecule has 29 heavy (non-hydrogen) atoms. The quantitative estimate of drug-likeness (QED) is 0.281. The van der Waals surface area contributed by atoms with Gasteiger partial charge in [0.1, 0.15) is 11.5 Å². The van der Waals surface area contributed by atoms with Crippen molar-refractivity contribution >= 4 is 29.9 Å². The Bertz CT molecular complexity index is 607. The van der Waals surface area contributed by atoms with Gasteiger partial charge in [0, 0.05) is 44.8 Å². The Hall–Kier alpha value is -1.26. The summed E-state index contributed by atoms with van der Waals surface area (Å²) in [7, 11) is 5.50. The lowest BCUT2D eigenvalue weighted by Crippen LogP contribution is -2.44. The minimum Gasteiger partial charge on any atom is -0.497 e. The van der Waals surface area contributed by atoms with Gasteiger partial charge in [-0.05, 0) is 44.6 Å². The summed E-state index contributed by atoms with van der Waals surface area (Å²) in [6.07, 6.45) is 1.11. The number of likely N-dealkylation sites (tertiary alicyclic amines) is 1. The number of nitrogens with one attached hydrogen (secondary N) is 2. The summed E-state index contributed by atoms with van der Waals surface area (Å²) in [5, 5.41) is 6.96. The summed E-state index contributed by atoms with van der Waals surface area (Å²) < 4.78 is 10.8. The van der Waals surface area contributed by atoms with Crippen LogP contribution in [0.5, 0.6) is 11.5 Å². The highest BCUT2D eigenvalue weighted by atomic mass is 127. The van der Waals surface area contributed by atoms with Crippen LogP contribution in [0.15, 0.2) is 23.2 Å². The Morgan fingerprint density at radius 1 is 1.21 bits per heavy atom. The van der Waals surface area contributed by atoms with E-state index in [1.807, 2.05) is 6.07 Å². The number of ether oxygens (including phenoxy) is 2. The molecule has 1 aliphatic rings. The van der Waals surface area contributed by atoms with Crippen LogP contribution in [0.3, 0.4) is 0 Å². The summed E-state index contributed by atoms with van der Waals surface area (Å²) in [6, 6.07) is 6.49. The Labute approximate surface area is 193 Å². The number of likely N-dealkylation sites (N-methyl/N-ethyl adjacent to an activating group) is 1. The normalized spacial score (nSPS) is 17.2. The highest BCUT2D eigenvalue weighted by Gasteiger charge is 2.23. The number of rotatable bonds is 10. The molecule has 1 atom stereocenters. The molecule has 1 fully saturated rings. The zero-order chi connectivity index (χ0) is 20.4. The van der Waals surface area contributed by atoms with Crippen LogP contribution < -0.4 is 20.1 Å². The van der Waals surface area contributed by atoms with Crippen LogP contribution >= 0.6 is 24.0 Å². The van der Waals surface area contributed by atoms with Crippen molar-refractivity contribution in [1.82, 2.24) is 20.4 Å². The van der Waals surface area contributed by atoms with Gasteiger partial charge in [-0.25, -0.2) is 0 Å². The Morgan fingerprint density at radius 3 is 2.48 bits per heavy atom. The summed E-state index contributed by atoms with van der Waals surface area (Å²) in [6.45, 7) is 10.9. The van der Waals surface area contributed by atoms with Gasteiger partial charge in [0.2, 0.25) is 0 Å². The van der Waals surface area contributed by atoms with Crippen molar-refractivity contribution in [2.75, 3.05) is 60.5 Å². The molecular weight excluding hydrogens is 481 g/mol. The molecule has 2 rings (SSSR count). The minimum atomic E-state index is 0. The van der Waals surface area contributed by atoms with Crippen molar-refractivity contribution in [2.24, 2.45) is 4.99 Å². The summed E-state index contributed by atoms with van der Waals surface area (Å²) >= 11 is 0. The predicted molar refractivity (Wildman–Crippen MR) is 131 cm³/mol. The van der Waals surface area contributed by atoms with Crippen molar-refractivity contribution in [2.45, 2.75) is 32.9 Å². The number of hydrogen-bond acceptors (Lipinski definition) is 5. The number of hydrogen-bond donors (Lipinski definition) is 2. The molecule has 0 aliphatic carbocycles. The second kappa shape index (κ2) is 13.9. The van der Waals surface area contributed by atoms with Crippen molar-refractivity contribution in [3.63, 3.8) is 0 Å². The highest BCUT2D eigenvalue weighted by Crippen LogP contribution is 2.24. The van der Waals surface area contributed by atoms with Gasteiger partial charge in [-0.15, -0.1) is 24.0 Å². The first-order valence-electron chi connectivity index (χ1n) is 10.3. The van der Waals surface area contributed by atoms with Crippen molar-refractivity contribution in [3.05, 3.63) is 23.8 Å². The van der Waals surface area contributed by atoms with Crippen molar-refractivity contribution < 1.29 is 9.47 Å². The summed E-state index contributed by atoms with van der Waals surface area (Å²) in [4.78, 5) is 9.45. The number of halogens is 1. The smallest absolute Gasteiger partial charge is 0.191 e. The van der Waals surface area contributed by atoms with Crippen LogP contribution in [-0.4, -0.2) is 82.3 Å². The fraction of sp³-hybridized carbons (Fsp3) is 0.667. The van der Waals surface area contributed by atoms with Crippen molar-refractivity contribution in [1.29, 1.82) is 0 Å². The van der Waals surface area contributed by atoms with E-state index in [1.54, 1.807) is 14.2 Å². The largest absolute Gasteiger partial charge is 0.497 e. The lowest BCUT2D eigenvalue weighted by Gasteiger charge is -2.20. The van der Waals surface area contributed by atoms with E-state index in [0.717, 1.165) is 69.7 Å². The third-order valence-corrected chi connectivity index (χ3v) is 5.07. The van der Waals surface area contributed by atoms with E-state index >= 15 is 0 Å². The first-order valence-corrected chi connectivity index (χ1v) is 10.3. The van der Waals surface area contributed by atoms with Gasteiger partial charge in [-0.3, -0.25) is 9.89 Å². The van der Waals surface area contributed by atoms with Crippen LogP contribution in [0.4, 0.5) is 0 Å². The maximum atomic E-state index is 5.39. The lowest BCUT2D eigenvalue weighted by molar-refractivity contribution is 0.321. The number of nitrogens with zero attached hydrogens (tertiary/aromatic N) is 3. The highest BCUT2D eigenvalue weighted by molar-refractivity contribution is 14.0. The fourth-order valence-corrected chi connectivity index (χ4v) is 3.31. The first kappa shape index (κ1) is 25.8. The van der Waals surface area contributed by atoms with Gasteiger partial charge < -0.3 is 25.0 Å². The second-order valence-corrected chi connectivity index (χ2v) is 7.24. The van der Waals surface area contributed by atoms with Crippen LogP contribution in [0.2, 0.25) is 0 Å². The van der Waals surface area contributed by atoms with E-state index in [2.05, 4.69) is 53.5 Å². The number of methoxy groups -OCH3 is 2. The first-order chi connectivity index (χ1) is 13.6. The van der Waals surface area contributed by atoms with Gasteiger partial charge in [-0.1, -0.05) is 6.92 Å². The Morgan fingerprint density at radius 2 is 1.90 bits per heavy atom. The second-order valence-electron chi connectivity index (χ2n) is 7.24. The number of benzene rings is 1. The van der Waals surface area contributed by atoms with Crippen LogP contribution in [0, 0.1) is 0 Å². The standard InChI is InChI=1S/C21H37N5O2.HI/c1-6-22-21(23-9-11-25(3)7-2)24-18-8-10-26(16-18)15-17-12-19(27-4)14-20(13-17)28-5;/h12-14,18H,6-11,15-16H2,1-5H3,(H2,22,23,24);1H. The number of aliphatic imine (C=N–C) groups is 1. The van der Waals surface area contributed by atoms with Gasteiger partial charge in [0.15, 0.2) is 5.96 Å². The third-order valence-electron chi connectivity index (χ3n) is 5.07. The van der Waals surface area contributed by atoms with E-state index in [0.29, 0.717) is 6.04 Å². The van der Waals surface area contributed by atoms with E-state index in [-0.39, 0.29) is 24.0 Å². The van der Waals surface area contributed by atoms with Gasteiger partial charge >= 0.3 is 0 Å². The van der Waals surface area contributed by atoms with Crippen LogP contribution in [0.25, 0.3) is 0 Å². The Balaban J connectivity index is 0.00000420. The SMILES string of the molecule is CCNC(=NCCN(C)CC)NC1CCN(Cc2cc(OC)cc(OC)c2)C1.I. The molecule has 0 radical (unpaired) electrons. The van der Waals surface area contributed by atoms with Gasteiger partial charge in [0.05, 0.1) is 20.8 Å². The molecule has 1 aromatic rings. The van der Waals surface area contributed by atoms with Gasteiger partial charge in [-0.2, -0.15) is 0 Å². The summed E-state index contributed by atoms with van der Waals surface area (Å²) in [5.41, 5.74) is 1.21. The monoisotopic (exact) mass is 519 g/mol. The molecule has 166 valence electrons. The molecule has 7 nitrogen and oxygen atoms in total. The van der Waals surface area contributed by atoms with Crippen LogP contribution in [0.1, 0.15) is 25.8 Å². The van der Waals surface area contributed by atoms with E-state index in [9.17, 15) is 0 Å². The molecule has 0 spiro atoms. The van der Waals surface area contributed by atoms with Gasteiger partial charge in [0.25, 0.3) is 0 Å². The van der Waals surface area contributed by atoms with Crippen molar-refractivity contribution in [3.8, 4) is 11.5 Å². The molecule has 0 saturated carbocycles. The average Bonchev–Trinajstić information content (AvgIpc) is 3.14. The molecule has 1 aliphatic heterocycles. The molecule has 8 heteroatoms. The topological polar surface area (TPSA) is 61.4 Å². The van der Waals surface area contributed by atoms with E-state index in [1.165, 1.54) is 5.56 Å². The molecule has 0 bridgehead atoms. The molecule has 0 amide bonds. The third kappa shape index (κ3) is 8.96. The molecular formula is C21H38IN5O2. The zero-order valence-electron chi connectivity index (χ0n) is 18.5. The molecule has 1 saturated heterocycles. The van der Waals surface area contributed by atoms with E-state index < -0.39 is 0 Å². The predicted octanol–water partition coefficient (Wildman–Crippen LogP) is 2.40. The fourth-order valence-electron chi connectivity index (χ4n) is 3.31. The molecule has 1 aromatic carbocycles. The lowest BCUT2D eigenvalue weighted by atomic mass is 10.2. The summed E-state index contributed by atoms with van der Waals surface area (Å²) in [5.74, 6) is 2.59. The zero-order valence-corrected chi connectivity index (χ0v) is 20.9. The maximum Gasteiger partial charge on any atom is 0.191 e. The number of guanidine groups is 1. The van der Waals surface area contributed by atoms with E-state index in [4.69, 9.17) is 14.5 Å². The molecule has 1 unspecified atom stereocenters. The molecule has 0 aromatic heterocycles. The molecule has 1 heterocycles. The molecule has 2 N–H and O–H groups in total. The minimum absolute atomic E-state index is 0. The average molecular weight is 519 g/mol. The van der Waals surface area contributed by atoms with Crippen LogP contribution in [-0.2, 0) is 6.54 Å².